The van der Waals surface area contributed by atoms with Gasteiger partial charge >= 0.3 is 0 Å². The Bertz CT molecular complexity index is 572. The Labute approximate surface area is 106 Å². The van der Waals surface area contributed by atoms with E-state index in [9.17, 15) is 0 Å². The zero-order valence-corrected chi connectivity index (χ0v) is 10.2. The molecule has 4 heteroatoms. The summed E-state index contributed by atoms with van der Waals surface area (Å²) in [7, 11) is 1.97. The topological polar surface area (TPSA) is 65.9 Å². The predicted octanol–water partition coefficient (Wildman–Crippen LogP) is 2.17. The fourth-order valence-corrected chi connectivity index (χ4v) is 1.74. The molecule has 0 fully saturated rings. The molecule has 90 valence electrons. The van der Waals surface area contributed by atoms with Crippen LogP contribution in [0.3, 0.4) is 0 Å². The molecule has 2 aromatic rings. The molecule has 0 atom stereocenters. The average molecular weight is 238 g/mol. The summed E-state index contributed by atoms with van der Waals surface area (Å²) in [6.07, 6.45) is 3.58. The maximum Gasteiger partial charge on any atom is 0.101 e. The van der Waals surface area contributed by atoms with Gasteiger partial charge in [0.15, 0.2) is 0 Å². The molecule has 0 spiro atoms. The third kappa shape index (κ3) is 2.58. The maximum absolute atomic E-state index is 8.96. The normalized spacial score (nSPS) is 9.78. The van der Waals surface area contributed by atoms with Gasteiger partial charge in [0.05, 0.1) is 5.56 Å². The first-order valence-corrected chi connectivity index (χ1v) is 5.60. The SMILES string of the molecule is CN(Cc1cccnc1)c1ccc(N)c(C#N)c1. The summed E-state index contributed by atoms with van der Waals surface area (Å²) in [6.45, 7) is 0.739. The Balaban J connectivity index is 2.19. The molecule has 0 aliphatic carbocycles. The van der Waals surface area contributed by atoms with Crippen LogP contribution < -0.4 is 10.6 Å². The number of aromatic nitrogens is 1. The molecule has 4 nitrogen and oxygen atoms in total. The van der Waals surface area contributed by atoms with Gasteiger partial charge < -0.3 is 10.6 Å². The summed E-state index contributed by atoms with van der Waals surface area (Å²) in [5.74, 6) is 0. The van der Waals surface area contributed by atoms with Crippen molar-refractivity contribution in [3.05, 3.63) is 53.9 Å². The maximum atomic E-state index is 8.96. The molecular weight excluding hydrogens is 224 g/mol. The zero-order chi connectivity index (χ0) is 13.0. The number of nitrogens with zero attached hydrogens (tertiary/aromatic N) is 3. The molecule has 0 aliphatic heterocycles. The highest BCUT2D eigenvalue weighted by Gasteiger charge is 2.05. The molecule has 0 radical (unpaired) electrons. The van der Waals surface area contributed by atoms with Crippen molar-refractivity contribution in [2.45, 2.75) is 6.54 Å². The van der Waals surface area contributed by atoms with E-state index in [0.717, 1.165) is 17.8 Å². The van der Waals surface area contributed by atoms with Gasteiger partial charge in [0, 0.05) is 37.4 Å². The van der Waals surface area contributed by atoms with Crippen LogP contribution in [-0.4, -0.2) is 12.0 Å². The average Bonchev–Trinajstić information content (AvgIpc) is 2.40. The number of hydrogen-bond donors (Lipinski definition) is 1. The smallest absolute Gasteiger partial charge is 0.101 e. The van der Waals surface area contributed by atoms with Crippen molar-refractivity contribution in [1.29, 1.82) is 5.26 Å². The van der Waals surface area contributed by atoms with Crippen LogP contribution in [0.4, 0.5) is 11.4 Å². The zero-order valence-electron chi connectivity index (χ0n) is 10.2. The first kappa shape index (κ1) is 11.9. The van der Waals surface area contributed by atoms with E-state index in [2.05, 4.69) is 16.0 Å². The third-order valence-electron chi connectivity index (χ3n) is 2.74. The number of anilines is 2. The highest BCUT2D eigenvalue weighted by molar-refractivity contribution is 5.62. The molecule has 0 saturated heterocycles. The summed E-state index contributed by atoms with van der Waals surface area (Å²) in [5.41, 5.74) is 8.80. The number of nitrogens with two attached hydrogens (primary N) is 1. The van der Waals surface area contributed by atoms with Crippen LogP contribution in [0.1, 0.15) is 11.1 Å². The van der Waals surface area contributed by atoms with Gasteiger partial charge in [-0.1, -0.05) is 6.07 Å². The fourth-order valence-electron chi connectivity index (χ4n) is 1.74. The second-order valence-corrected chi connectivity index (χ2v) is 4.10. The van der Waals surface area contributed by atoms with E-state index in [1.54, 1.807) is 18.3 Å². The van der Waals surface area contributed by atoms with Crippen LogP contribution in [-0.2, 0) is 6.54 Å². The third-order valence-corrected chi connectivity index (χ3v) is 2.74. The monoisotopic (exact) mass is 238 g/mol. The molecule has 0 bridgehead atoms. The summed E-state index contributed by atoms with van der Waals surface area (Å²) < 4.78 is 0. The molecule has 1 heterocycles. The largest absolute Gasteiger partial charge is 0.398 e. The van der Waals surface area contributed by atoms with E-state index in [1.165, 1.54) is 0 Å². The Kier molecular flexibility index (Phi) is 3.44. The lowest BCUT2D eigenvalue weighted by molar-refractivity contribution is 0.915. The van der Waals surface area contributed by atoms with Crippen LogP contribution in [0.2, 0.25) is 0 Å². The summed E-state index contributed by atoms with van der Waals surface area (Å²) in [5, 5.41) is 8.96. The van der Waals surface area contributed by atoms with Crippen molar-refractivity contribution in [2.75, 3.05) is 17.7 Å². The van der Waals surface area contributed by atoms with E-state index in [0.29, 0.717) is 11.3 Å². The number of benzene rings is 1. The fraction of sp³-hybridized carbons (Fsp3) is 0.143. The summed E-state index contributed by atoms with van der Waals surface area (Å²) in [6, 6.07) is 11.5. The molecule has 0 saturated carbocycles. The minimum atomic E-state index is 0.505. The van der Waals surface area contributed by atoms with Crippen molar-refractivity contribution >= 4 is 11.4 Å². The molecule has 2 N–H and O–H groups in total. The quantitative estimate of drug-likeness (QED) is 0.832. The van der Waals surface area contributed by atoms with Crippen molar-refractivity contribution < 1.29 is 0 Å². The predicted molar refractivity (Wildman–Crippen MR) is 71.9 cm³/mol. The van der Waals surface area contributed by atoms with Crippen molar-refractivity contribution in [3.63, 3.8) is 0 Å². The number of nitriles is 1. The molecule has 2 rings (SSSR count). The van der Waals surface area contributed by atoms with E-state index >= 15 is 0 Å². The van der Waals surface area contributed by atoms with Gasteiger partial charge in [-0.2, -0.15) is 5.26 Å². The Morgan fingerprint density at radius 3 is 2.89 bits per heavy atom. The van der Waals surface area contributed by atoms with Gasteiger partial charge in [0.2, 0.25) is 0 Å². The number of nitrogen functional groups attached to an aromatic ring is 1. The van der Waals surface area contributed by atoms with Crippen LogP contribution >= 0.6 is 0 Å². The molecule has 0 amide bonds. The van der Waals surface area contributed by atoms with Crippen molar-refractivity contribution in [1.82, 2.24) is 4.98 Å². The minimum Gasteiger partial charge on any atom is -0.398 e. The Hall–Kier alpha value is -2.54. The van der Waals surface area contributed by atoms with Gasteiger partial charge in [-0.05, 0) is 29.8 Å². The second kappa shape index (κ2) is 5.19. The van der Waals surface area contributed by atoms with Crippen LogP contribution in [0.25, 0.3) is 0 Å². The number of pyridine rings is 1. The van der Waals surface area contributed by atoms with Gasteiger partial charge in [0.25, 0.3) is 0 Å². The minimum absolute atomic E-state index is 0.505. The van der Waals surface area contributed by atoms with Crippen LogP contribution in [0.5, 0.6) is 0 Å². The molecule has 18 heavy (non-hydrogen) atoms. The Morgan fingerprint density at radius 1 is 1.39 bits per heavy atom. The number of rotatable bonds is 3. The van der Waals surface area contributed by atoms with E-state index in [-0.39, 0.29) is 0 Å². The highest BCUT2D eigenvalue weighted by Crippen LogP contribution is 2.21. The lowest BCUT2D eigenvalue weighted by Gasteiger charge is -2.19. The van der Waals surface area contributed by atoms with Crippen LogP contribution in [0.15, 0.2) is 42.7 Å². The van der Waals surface area contributed by atoms with Crippen LogP contribution in [0, 0.1) is 11.3 Å². The Morgan fingerprint density at radius 2 is 2.22 bits per heavy atom. The van der Waals surface area contributed by atoms with E-state index in [1.807, 2.05) is 31.4 Å². The van der Waals surface area contributed by atoms with Crippen molar-refractivity contribution in [3.8, 4) is 6.07 Å². The lowest BCUT2D eigenvalue weighted by atomic mass is 10.1. The summed E-state index contributed by atoms with van der Waals surface area (Å²) >= 11 is 0. The standard InChI is InChI=1S/C14H14N4/c1-18(10-11-3-2-6-17-9-11)13-4-5-14(16)12(7-13)8-15/h2-7,9H,10,16H2,1H3. The molecule has 0 aliphatic rings. The highest BCUT2D eigenvalue weighted by atomic mass is 15.1. The van der Waals surface area contributed by atoms with Crippen molar-refractivity contribution in [2.24, 2.45) is 0 Å². The molecule has 1 aromatic heterocycles. The van der Waals surface area contributed by atoms with Gasteiger partial charge in [-0.25, -0.2) is 0 Å². The number of hydrogen-bond acceptors (Lipinski definition) is 4. The second-order valence-electron chi connectivity index (χ2n) is 4.10. The van der Waals surface area contributed by atoms with Gasteiger partial charge in [-0.3, -0.25) is 4.98 Å². The molecular formula is C14H14N4. The van der Waals surface area contributed by atoms with E-state index < -0.39 is 0 Å². The van der Waals surface area contributed by atoms with Gasteiger partial charge in [0.1, 0.15) is 6.07 Å². The van der Waals surface area contributed by atoms with E-state index in [4.69, 9.17) is 11.0 Å². The molecule has 0 unspecified atom stereocenters. The summed E-state index contributed by atoms with van der Waals surface area (Å²) in [4.78, 5) is 6.13. The van der Waals surface area contributed by atoms with Gasteiger partial charge in [-0.15, -0.1) is 0 Å². The first-order valence-electron chi connectivity index (χ1n) is 5.60. The molecule has 1 aromatic carbocycles. The lowest BCUT2D eigenvalue weighted by Crippen LogP contribution is -2.16. The first-order chi connectivity index (χ1) is 8.70.